The van der Waals surface area contributed by atoms with Crippen LogP contribution in [-0.2, 0) is 6.42 Å². The van der Waals surface area contributed by atoms with Crippen LogP contribution in [0.1, 0.15) is 28.4 Å². The van der Waals surface area contributed by atoms with Gasteiger partial charge in [0.2, 0.25) is 0 Å². The summed E-state index contributed by atoms with van der Waals surface area (Å²) in [7, 11) is 0. The first-order valence-corrected chi connectivity index (χ1v) is 7.42. The molecular weight excluding hydrogens is 272 g/mol. The molecule has 0 radical (unpaired) electrons. The third kappa shape index (κ3) is 3.50. The van der Waals surface area contributed by atoms with Crippen LogP contribution in [0, 0.1) is 0 Å². The van der Waals surface area contributed by atoms with Crippen molar-refractivity contribution in [1.82, 2.24) is 9.55 Å². The minimum atomic E-state index is 0.0811. The van der Waals surface area contributed by atoms with E-state index in [4.69, 9.17) is 0 Å². The lowest BCUT2D eigenvalue weighted by molar-refractivity contribution is 0.0963. The van der Waals surface area contributed by atoms with Gasteiger partial charge in [-0.3, -0.25) is 4.79 Å². The Labute approximate surface area is 130 Å². The minimum Gasteiger partial charge on any atom is -0.334 e. The topological polar surface area (TPSA) is 34.9 Å². The van der Waals surface area contributed by atoms with Crippen molar-refractivity contribution in [3.63, 3.8) is 0 Å². The van der Waals surface area contributed by atoms with Gasteiger partial charge in [-0.25, -0.2) is 4.98 Å². The number of Topliss-reactive ketones (excluding diaryl/α,β-unsaturated/α-hetero) is 1. The molecule has 3 nitrogen and oxygen atoms in total. The highest BCUT2D eigenvalue weighted by Gasteiger charge is 2.17. The maximum atomic E-state index is 12.5. The molecule has 3 rings (SSSR count). The predicted octanol–water partition coefficient (Wildman–Crippen LogP) is 3.94. The molecule has 110 valence electrons. The SMILES string of the molecule is O=C(CC(Cc1ccccc1)n1ccnc1)c1ccccc1. The highest BCUT2D eigenvalue weighted by atomic mass is 16.1. The number of carbonyl (C=O) groups is 1. The van der Waals surface area contributed by atoms with E-state index in [1.165, 1.54) is 5.56 Å². The predicted molar refractivity (Wildman–Crippen MR) is 86.8 cm³/mol. The lowest BCUT2D eigenvalue weighted by Crippen LogP contribution is -2.15. The van der Waals surface area contributed by atoms with Crippen molar-refractivity contribution in [3.05, 3.63) is 90.5 Å². The van der Waals surface area contributed by atoms with Gasteiger partial charge in [-0.05, 0) is 12.0 Å². The fourth-order valence-electron chi connectivity index (χ4n) is 2.61. The van der Waals surface area contributed by atoms with Crippen LogP contribution in [0.25, 0.3) is 0 Å². The molecule has 1 atom stereocenters. The first-order chi connectivity index (χ1) is 10.8. The second kappa shape index (κ2) is 6.85. The van der Waals surface area contributed by atoms with E-state index in [1.807, 2.05) is 59.3 Å². The van der Waals surface area contributed by atoms with Crippen molar-refractivity contribution >= 4 is 5.78 Å². The summed E-state index contributed by atoms with van der Waals surface area (Å²) in [5.74, 6) is 0.162. The van der Waals surface area contributed by atoms with Gasteiger partial charge in [0.25, 0.3) is 0 Å². The van der Waals surface area contributed by atoms with E-state index in [0.29, 0.717) is 6.42 Å². The zero-order valence-corrected chi connectivity index (χ0v) is 12.3. The fourth-order valence-corrected chi connectivity index (χ4v) is 2.61. The van der Waals surface area contributed by atoms with Crippen molar-refractivity contribution in [2.45, 2.75) is 18.9 Å². The third-order valence-electron chi connectivity index (χ3n) is 3.78. The lowest BCUT2D eigenvalue weighted by atomic mass is 9.98. The van der Waals surface area contributed by atoms with E-state index in [-0.39, 0.29) is 11.8 Å². The molecule has 0 aliphatic heterocycles. The number of nitrogens with zero attached hydrogens (tertiary/aromatic N) is 2. The summed E-state index contributed by atoms with van der Waals surface area (Å²) < 4.78 is 2.02. The zero-order chi connectivity index (χ0) is 15.2. The van der Waals surface area contributed by atoms with Crippen LogP contribution in [-0.4, -0.2) is 15.3 Å². The van der Waals surface area contributed by atoms with Crippen LogP contribution in [0.2, 0.25) is 0 Å². The molecule has 0 N–H and O–H groups in total. The largest absolute Gasteiger partial charge is 0.334 e. The molecule has 3 aromatic rings. The Kier molecular flexibility index (Phi) is 4.44. The second-order valence-corrected chi connectivity index (χ2v) is 5.35. The highest BCUT2D eigenvalue weighted by molar-refractivity contribution is 5.96. The van der Waals surface area contributed by atoms with Gasteiger partial charge in [-0.1, -0.05) is 60.7 Å². The van der Waals surface area contributed by atoms with Gasteiger partial charge < -0.3 is 4.57 Å². The number of benzene rings is 2. The van der Waals surface area contributed by atoms with Crippen molar-refractivity contribution < 1.29 is 4.79 Å². The number of imidazole rings is 1. The Morgan fingerprint density at radius 1 is 1.00 bits per heavy atom. The van der Waals surface area contributed by atoms with Gasteiger partial charge >= 0.3 is 0 Å². The molecule has 0 amide bonds. The number of ketones is 1. The molecule has 1 unspecified atom stereocenters. The summed E-state index contributed by atoms with van der Waals surface area (Å²) in [6, 6.07) is 19.8. The second-order valence-electron chi connectivity index (χ2n) is 5.35. The fraction of sp³-hybridized carbons (Fsp3) is 0.158. The minimum absolute atomic E-state index is 0.0811. The first kappa shape index (κ1) is 14.3. The van der Waals surface area contributed by atoms with E-state index >= 15 is 0 Å². The summed E-state index contributed by atoms with van der Waals surface area (Å²) in [5.41, 5.74) is 1.99. The Morgan fingerprint density at radius 3 is 2.32 bits per heavy atom. The molecular formula is C19H18N2O. The van der Waals surface area contributed by atoms with E-state index in [0.717, 1.165) is 12.0 Å². The van der Waals surface area contributed by atoms with Crippen LogP contribution in [0.3, 0.4) is 0 Å². The maximum Gasteiger partial charge on any atom is 0.164 e. The van der Waals surface area contributed by atoms with Crippen molar-refractivity contribution in [3.8, 4) is 0 Å². The van der Waals surface area contributed by atoms with E-state index < -0.39 is 0 Å². The average Bonchev–Trinajstić information content (AvgIpc) is 3.10. The molecule has 0 fully saturated rings. The summed E-state index contributed by atoms with van der Waals surface area (Å²) >= 11 is 0. The standard InChI is InChI=1S/C19H18N2O/c22-19(17-9-5-2-6-10-17)14-18(21-12-11-20-15-21)13-16-7-3-1-4-8-16/h1-12,15,18H,13-14H2. The molecule has 0 saturated heterocycles. The summed E-state index contributed by atoms with van der Waals surface area (Å²) in [6.07, 6.45) is 6.74. The Bertz CT molecular complexity index is 706. The van der Waals surface area contributed by atoms with Gasteiger partial charge in [-0.2, -0.15) is 0 Å². The van der Waals surface area contributed by atoms with Crippen LogP contribution >= 0.6 is 0 Å². The molecule has 0 aliphatic rings. The smallest absolute Gasteiger partial charge is 0.164 e. The number of hydrogen-bond acceptors (Lipinski definition) is 2. The van der Waals surface area contributed by atoms with Gasteiger partial charge in [0, 0.05) is 30.4 Å². The molecule has 2 aromatic carbocycles. The van der Waals surface area contributed by atoms with E-state index in [2.05, 4.69) is 17.1 Å². The van der Waals surface area contributed by atoms with Crippen molar-refractivity contribution in [1.29, 1.82) is 0 Å². The van der Waals surface area contributed by atoms with Crippen LogP contribution in [0.15, 0.2) is 79.4 Å². The molecule has 0 bridgehead atoms. The Hall–Kier alpha value is -2.68. The van der Waals surface area contributed by atoms with E-state index in [1.54, 1.807) is 12.5 Å². The maximum absolute atomic E-state index is 12.5. The zero-order valence-electron chi connectivity index (χ0n) is 12.3. The number of aromatic nitrogens is 2. The molecule has 1 heterocycles. The first-order valence-electron chi connectivity index (χ1n) is 7.42. The highest BCUT2D eigenvalue weighted by Crippen LogP contribution is 2.20. The van der Waals surface area contributed by atoms with Crippen LogP contribution in [0.5, 0.6) is 0 Å². The molecule has 0 saturated carbocycles. The molecule has 1 aromatic heterocycles. The summed E-state index contributed by atoms with van der Waals surface area (Å²) in [4.78, 5) is 16.6. The summed E-state index contributed by atoms with van der Waals surface area (Å²) in [6.45, 7) is 0. The van der Waals surface area contributed by atoms with Gasteiger partial charge in [0.1, 0.15) is 0 Å². The van der Waals surface area contributed by atoms with Crippen LogP contribution < -0.4 is 0 Å². The Morgan fingerprint density at radius 2 is 1.68 bits per heavy atom. The molecule has 3 heteroatoms. The number of carbonyl (C=O) groups excluding carboxylic acids is 1. The molecule has 22 heavy (non-hydrogen) atoms. The monoisotopic (exact) mass is 290 g/mol. The number of hydrogen-bond donors (Lipinski definition) is 0. The Balaban J connectivity index is 1.79. The van der Waals surface area contributed by atoms with Crippen molar-refractivity contribution in [2.24, 2.45) is 0 Å². The summed E-state index contributed by atoms with van der Waals surface area (Å²) in [5, 5.41) is 0. The normalized spacial score (nSPS) is 12.0. The lowest BCUT2D eigenvalue weighted by Gasteiger charge is -2.18. The average molecular weight is 290 g/mol. The molecule has 0 aliphatic carbocycles. The number of rotatable bonds is 6. The quantitative estimate of drug-likeness (QED) is 0.644. The third-order valence-corrected chi connectivity index (χ3v) is 3.78. The van der Waals surface area contributed by atoms with Crippen LogP contribution in [0.4, 0.5) is 0 Å². The van der Waals surface area contributed by atoms with E-state index in [9.17, 15) is 4.79 Å². The molecule has 0 spiro atoms. The van der Waals surface area contributed by atoms with Gasteiger partial charge in [0.05, 0.1) is 6.33 Å². The van der Waals surface area contributed by atoms with Gasteiger partial charge in [-0.15, -0.1) is 0 Å². The van der Waals surface area contributed by atoms with Crippen molar-refractivity contribution in [2.75, 3.05) is 0 Å². The van der Waals surface area contributed by atoms with Gasteiger partial charge in [0.15, 0.2) is 5.78 Å².